The van der Waals surface area contributed by atoms with Crippen LogP contribution in [0.2, 0.25) is 0 Å². The van der Waals surface area contributed by atoms with Crippen LogP contribution in [-0.2, 0) is 14.8 Å². The Bertz CT molecular complexity index is 566. The number of hydrogen-bond acceptors (Lipinski definition) is 3. The average molecular weight is 339 g/mol. The number of alkyl halides is 6. The predicted octanol–water partition coefficient (Wildman–Crippen LogP) is 2.12. The van der Waals surface area contributed by atoms with Crippen molar-refractivity contribution in [2.24, 2.45) is 0 Å². The zero-order chi connectivity index (χ0) is 16.9. The summed E-state index contributed by atoms with van der Waals surface area (Å²) >= 11 is 0. The standard InChI is InChI=1S/C7H6F3NO2S.C2HF3O2/c8-7(9,10)11-14(12,13)6-4-2-1-3-5-6;3-2(4,5)1(6)7/h1-5,11H;(H,6,7). The van der Waals surface area contributed by atoms with Crippen LogP contribution >= 0.6 is 0 Å². The van der Waals surface area contributed by atoms with Crippen LogP contribution in [0.4, 0.5) is 26.3 Å². The molecule has 0 heterocycles. The quantitative estimate of drug-likeness (QED) is 0.639. The number of aliphatic carboxylic acids is 1. The van der Waals surface area contributed by atoms with Gasteiger partial charge < -0.3 is 5.11 Å². The molecule has 0 saturated carbocycles. The van der Waals surface area contributed by atoms with Crippen molar-refractivity contribution in [1.29, 1.82) is 0 Å². The second kappa shape index (κ2) is 6.76. The second-order valence-corrected chi connectivity index (χ2v) is 4.90. The first-order valence-electron chi connectivity index (χ1n) is 4.71. The third-order valence-electron chi connectivity index (χ3n) is 1.55. The maximum Gasteiger partial charge on any atom is 0.490 e. The van der Waals surface area contributed by atoms with Gasteiger partial charge >= 0.3 is 18.4 Å². The topological polar surface area (TPSA) is 83.5 Å². The van der Waals surface area contributed by atoms with Crippen LogP contribution in [0.25, 0.3) is 0 Å². The molecule has 21 heavy (non-hydrogen) atoms. The summed E-state index contributed by atoms with van der Waals surface area (Å²) in [6, 6.07) is 6.34. The number of hydrogen-bond donors (Lipinski definition) is 2. The fourth-order valence-corrected chi connectivity index (χ4v) is 1.75. The van der Waals surface area contributed by atoms with E-state index in [2.05, 4.69) is 0 Å². The molecule has 0 radical (unpaired) electrons. The van der Waals surface area contributed by atoms with Crippen molar-refractivity contribution in [1.82, 2.24) is 4.72 Å². The maximum absolute atomic E-state index is 11.7. The van der Waals surface area contributed by atoms with Crippen LogP contribution in [0, 0.1) is 0 Å². The molecule has 0 aliphatic heterocycles. The van der Waals surface area contributed by atoms with Crippen molar-refractivity contribution < 1.29 is 44.7 Å². The van der Waals surface area contributed by atoms with E-state index in [4.69, 9.17) is 9.90 Å². The SMILES string of the molecule is O=C(O)C(F)(F)F.O=S(=O)(NC(F)(F)F)c1ccccc1. The van der Waals surface area contributed by atoms with Crippen molar-refractivity contribution in [2.45, 2.75) is 17.4 Å². The Morgan fingerprint density at radius 3 is 1.67 bits per heavy atom. The number of sulfonamides is 1. The van der Waals surface area contributed by atoms with E-state index in [0.29, 0.717) is 4.72 Å². The highest BCUT2D eigenvalue weighted by Crippen LogP contribution is 2.16. The van der Waals surface area contributed by atoms with Crippen molar-refractivity contribution in [2.75, 3.05) is 0 Å². The van der Waals surface area contributed by atoms with Gasteiger partial charge in [0.15, 0.2) is 0 Å². The molecule has 0 amide bonds. The van der Waals surface area contributed by atoms with Crippen molar-refractivity contribution >= 4 is 16.0 Å². The minimum Gasteiger partial charge on any atom is -0.475 e. The third kappa shape index (κ3) is 8.14. The molecule has 0 aliphatic rings. The zero-order valence-corrected chi connectivity index (χ0v) is 10.6. The first-order chi connectivity index (χ1) is 9.26. The Kier molecular flexibility index (Phi) is 6.17. The van der Waals surface area contributed by atoms with Crippen molar-refractivity contribution in [3.8, 4) is 0 Å². The van der Waals surface area contributed by atoms with Gasteiger partial charge in [0.25, 0.3) is 0 Å². The summed E-state index contributed by atoms with van der Waals surface area (Å²) in [5.41, 5.74) is 0. The zero-order valence-electron chi connectivity index (χ0n) is 9.73. The van der Waals surface area contributed by atoms with Gasteiger partial charge in [-0.15, -0.1) is 4.72 Å². The van der Waals surface area contributed by atoms with E-state index in [1.165, 1.54) is 18.2 Å². The molecule has 0 saturated heterocycles. The first kappa shape index (κ1) is 19.2. The Morgan fingerprint density at radius 2 is 1.38 bits per heavy atom. The van der Waals surface area contributed by atoms with Crippen LogP contribution in [0.3, 0.4) is 0 Å². The van der Waals surface area contributed by atoms with Gasteiger partial charge in [-0.25, -0.2) is 13.2 Å². The highest BCUT2D eigenvalue weighted by Gasteiger charge is 2.38. The second-order valence-electron chi connectivity index (χ2n) is 3.22. The molecular formula is C9H7F6NO4S. The lowest BCUT2D eigenvalue weighted by Gasteiger charge is -2.08. The molecule has 2 N–H and O–H groups in total. The number of halogens is 6. The molecule has 1 rings (SSSR count). The van der Waals surface area contributed by atoms with Crippen LogP contribution in [-0.4, -0.2) is 32.0 Å². The van der Waals surface area contributed by atoms with Gasteiger partial charge in [0, 0.05) is 0 Å². The summed E-state index contributed by atoms with van der Waals surface area (Å²) in [6.45, 7) is 0. The number of benzene rings is 1. The lowest BCUT2D eigenvalue weighted by atomic mass is 10.4. The van der Waals surface area contributed by atoms with Gasteiger partial charge in [-0.2, -0.15) is 26.3 Å². The summed E-state index contributed by atoms with van der Waals surface area (Å²) in [7, 11) is -4.49. The Balaban J connectivity index is 0.000000486. The van der Waals surface area contributed by atoms with Gasteiger partial charge in [0.05, 0.1) is 4.90 Å². The average Bonchev–Trinajstić information content (AvgIpc) is 2.26. The monoisotopic (exact) mass is 339 g/mol. The van der Waals surface area contributed by atoms with Gasteiger partial charge in [0.2, 0.25) is 10.0 Å². The molecule has 1 aromatic rings. The molecule has 0 atom stereocenters. The molecule has 0 aromatic heterocycles. The van der Waals surface area contributed by atoms with Crippen molar-refractivity contribution in [3.05, 3.63) is 30.3 Å². The molecule has 120 valence electrons. The first-order valence-corrected chi connectivity index (χ1v) is 6.20. The van der Waals surface area contributed by atoms with E-state index in [1.54, 1.807) is 0 Å². The van der Waals surface area contributed by atoms with E-state index < -0.39 is 33.4 Å². The van der Waals surface area contributed by atoms with Gasteiger partial charge in [-0.3, -0.25) is 0 Å². The molecule has 0 bridgehead atoms. The largest absolute Gasteiger partial charge is 0.490 e. The molecule has 0 spiro atoms. The molecular weight excluding hydrogens is 332 g/mol. The number of rotatable bonds is 2. The molecule has 12 heteroatoms. The molecule has 0 aliphatic carbocycles. The number of nitrogens with one attached hydrogen (secondary N) is 1. The molecule has 5 nitrogen and oxygen atoms in total. The lowest BCUT2D eigenvalue weighted by molar-refractivity contribution is -0.192. The van der Waals surface area contributed by atoms with Gasteiger partial charge in [-0.05, 0) is 12.1 Å². The van der Waals surface area contributed by atoms with Crippen LogP contribution in [0.1, 0.15) is 0 Å². The van der Waals surface area contributed by atoms with E-state index in [0.717, 1.165) is 12.1 Å². The van der Waals surface area contributed by atoms with Crippen molar-refractivity contribution in [3.63, 3.8) is 0 Å². The fourth-order valence-electron chi connectivity index (χ4n) is 0.811. The normalized spacial score (nSPS) is 12.3. The highest BCUT2D eigenvalue weighted by molar-refractivity contribution is 7.89. The Hall–Kier alpha value is -1.82. The lowest BCUT2D eigenvalue weighted by Crippen LogP contribution is -2.37. The van der Waals surface area contributed by atoms with Gasteiger partial charge in [-0.1, -0.05) is 18.2 Å². The number of carboxylic acid groups (broad SMARTS) is 1. The predicted molar refractivity (Wildman–Crippen MR) is 56.5 cm³/mol. The molecule has 1 aromatic carbocycles. The summed E-state index contributed by atoms with van der Waals surface area (Å²) < 4.78 is 89.6. The minimum absolute atomic E-state index is 0.419. The van der Waals surface area contributed by atoms with E-state index in [9.17, 15) is 34.8 Å². The Morgan fingerprint density at radius 1 is 1.00 bits per heavy atom. The van der Waals surface area contributed by atoms with Crippen LogP contribution < -0.4 is 4.72 Å². The maximum atomic E-state index is 11.7. The van der Waals surface area contributed by atoms with Crippen LogP contribution in [0.15, 0.2) is 35.2 Å². The van der Waals surface area contributed by atoms with E-state index in [1.807, 2.05) is 0 Å². The summed E-state index contributed by atoms with van der Waals surface area (Å²) in [5.74, 6) is -2.76. The summed E-state index contributed by atoms with van der Waals surface area (Å²) in [5, 5.41) is 7.12. The Labute approximate surface area is 114 Å². The third-order valence-corrected chi connectivity index (χ3v) is 2.94. The van der Waals surface area contributed by atoms with Crippen LogP contribution in [0.5, 0.6) is 0 Å². The van der Waals surface area contributed by atoms with E-state index >= 15 is 0 Å². The smallest absolute Gasteiger partial charge is 0.475 e. The highest BCUT2D eigenvalue weighted by atomic mass is 32.2. The minimum atomic E-state index is -5.08. The summed E-state index contributed by atoms with van der Waals surface area (Å²) in [4.78, 5) is 8.48. The van der Waals surface area contributed by atoms with Gasteiger partial charge in [0.1, 0.15) is 0 Å². The molecule has 0 unspecified atom stereocenters. The molecule has 0 fully saturated rings. The van der Waals surface area contributed by atoms with E-state index in [-0.39, 0.29) is 0 Å². The number of carbonyl (C=O) groups is 1. The fraction of sp³-hybridized carbons (Fsp3) is 0.222. The summed E-state index contributed by atoms with van der Waals surface area (Å²) in [6.07, 6.45) is -10.0. The number of carboxylic acids is 1.